The van der Waals surface area contributed by atoms with Gasteiger partial charge in [-0.2, -0.15) is 15.4 Å². The quantitative estimate of drug-likeness (QED) is 0.183. The molecule has 2 aliphatic heterocycles. The number of nitrogens with one attached hydrogen (secondary N) is 4. The Kier molecular flexibility index (Phi) is 8.49. The Morgan fingerprint density at radius 2 is 1.81 bits per heavy atom. The number of aromatic nitrogens is 3. The van der Waals surface area contributed by atoms with E-state index in [-0.39, 0.29) is 37.1 Å². The Bertz CT molecular complexity index is 1940. The molecule has 0 spiro atoms. The van der Waals surface area contributed by atoms with Gasteiger partial charge in [-0.05, 0) is 51.9 Å². The van der Waals surface area contributed by atoms with Crippen molar-refractivity contribution in [3.63, 3.8) is 0 Å². The number of hydrogen-bond acceptors (Lipinski definition) is 7. The summed E-state index contributed by atoms with van der Waals surface area (Å²) in [4.78, 5) is 56.5. The van der Waals surface area contributed by atoms with Crippen LogP contribution in [0.4, 0.5) is 5.69 Å². The molecule has 238 valence electrons. The summed E-state index contributed by atoms with van der Waals surface area (Å²) in [5.41, 5.74) is 4.96. The van der Waals surface area contributed by atoms with Gasteiger partial charge in [0.1, 0.15) is 23.8 Å². The topological polar surface area (TPSA) is 149 Å². The van der Waals surface area contributed by atoms with Crippen LogP contribution >= 0.6 is 11.3 Å². The van der Waals surface area contributed by atoms with E-state index in [2.05, 4.69) is 31.4 Å². The van der Waals surface area contributed by atoms with Crippen LogP contribution in [-0.2, 0) is 51.4 Å². The molecule has 3 atom stereocenters. The van der Waals surface area contributed by atoms with Crippen LogP contribution in [0.3, 0.4) is 0 Å². The van der Waals surface area contributed by atoms with Gasteiger partial charge in [-0.1, -0.05) is 66.7 Å². The SMILES string of the molecule is O=C(Cc1csc2ccccc12)N[C@@H](Cc1ccccc1)C(=O)N[C@H]1CCc2cccc3c2N(C1=O)[C@H](C(=O)NCc1cn[nH]n1)C3. The Balaban J connectivity index is 1.10. The molecule has 5 aromatic rings. The number of H-pyrrole nitrogens is 1. The maximum absolute atomic E-state index is 14.2. The Labute approximate surface area is 274 Å². The van der Waals surface area contributed by atoms with Crippen LogP contribution in [0.2, 0.25) is 0 Å². The van der Waals surface area contributed by atoms with Gasteiger partial charge in [0.05, 0.1) is 24.8 Å². The first kappa shape index (κ1) is 30.3. The fourth-order valence-corrected chi connectivity index (χ4v) is 7.46. The average Bonchev–Trinajstić information content (AvgIpc) is 3.83. The second kappa shape index (κ2) is 13.2. The molecule has 4 N–H and O–H groups in total. The number of fused-ring (bicyclic) bond motifs is 1. The highest BCUT2D eigenvalue weighted by molar-refractivity contribution is 7.17. The molecule has 2 aliphatic rings. The zero-order valence-electron chi connectivity index (χ0n) is 25.4. The van der Waals surface area contributed by atoms with Crippen LogP contribution in [0.5, 0.6) is 0 Å². The molecule has 0 saturated carbocycles. The smallest absolute Gasteiger partial charge is 0.250 e. The van der Waals surface area contributed by atoms with Gasteiger partial charge in [-0.3, -0.25) is 24.1 Å². The predicted octanol–water partition coefficient (Wildman–Crippen LogP) is 2.99. The maximum atomic E-state index is 14.2. The average molecular weight is 648 g/mol. The molecule has 12 heteroatoms. The van der Waals surface area contributed by atoms with E-state index in [0.717, 1.165) is 38.0 Å². The van der Waals surface area contributed by atoms with Crippen LogP contribution in [0, 0.1) is 0 Å². The van der Waals surface area contributed by atoms with Crippen molar-refractivity contribution in [1.82, 2.24) is 31.4 Å². The predicted molar refractivity (Wildman–Crippen MR) is 178 cm³/mol. The zero-order chi connectivity index (χ0) is 32.3. The number of carbonyl (C=O) groups excluding carboxylic acids is 4. The van der Waals surface area contributed by atoms with Crippen molar-refractivity contribution in [3.05, 3.63) is 112 Å². The molecule has 3 aromatic carbocycles. The van der Waals surface area contributed by atoms with Crippen molar-refractivity contribution in [2.24, 2.45) is 0 Å². The summed E-state index contributed by atoms with van der Waals surface area (Å²) in [6, 6.07) is 20.6. The number of aromatic amines is 1. The van der Waals surface area contributed by atoms with Gasteiger partial charge in [0.25, 0.3) is 0 Å². The number of aryl methyl sites for hydroxylation is 1. The first-order chi connectivity index (χ1) is 22.9. The van der Waals surface area contributed by atoms with Crippen molar-refractivity contribution in [3.8, 4) is 0 Å². The lowest BCUT2D eigenvalue weighted by molar-refractivity contribution is -0.132. The number of rotatable bonds is 10. The Hall–Kier alpha value is -5.36. The lowest BCUT2D eigenvalue weighted by Crippen LogP contribution is -2.57. The minimum Gasteiger partial charge on any atom is -0.348 e. The molecule has 11 nitrogen and oxygen atoms in total. The van der Waals surface area contributed by atoms with E-state index in [9.17, 15) is 19.2 Å². The van der Waals surface area contributed by atoms with Crippen LogP contribution in [0.1, 0.15) is 34.4 Å². The van der Waals surface area contributed by atoms with E-state index in [1.54, 1.807) is 16.2 Å². The van der Waals surface area contributed by atoms with Gasteiger partial charge in [-0.25, -0.2) is 0 Å². The van der Waals surface area contributed by atoms with Crippen LogP contribution in [0.15, 0.2) is 84.4 Å². The van der Waals surface area contributed by atoms with Crippen molar-refractivity contribution < 1.29 is 19.2 Å². The van der Waals surface area contributed by atoms with Crippen LogP contribution in [0.25, 0.3) is 10.1 Å². The summed E-state index contributed by atoms with van der Waals surface area (Å²) in [5, 5.41) is 22.1. The van der Waals surface area contributed by atoms with Crippen molar-refractivity contribution in [2.45, 2.75) is 56.8 Å². The third kappa shape index (κ3) is 6.36. The minimum atomic E-state index is -0.913. The van der Waals surface area contributed by atoms with E-state index >= 15 is 0 Å². The van der Waals surface area contributed by atoms with Gasteiger partial charge in [-0.15, -0.1) is 11.3 Å². The van der Waals surface area contributed by atoms with Gasteiger partial charge >= 0.3 is 0 Å². The standard InChI is InChI=1S/C35H33N7O4S/c43-31(17-24-20-47-30-12-5-4-11-26(24)30)38-28(15-21-7-2-1-3-8-21)33(44)39-27-14-13-22-9-6-10-23-16-29(42(32(22)23)35(27)46)34(45)36-18-25-19-37-41-40-25/h1-12,19-20,27-29H,13-18H2,(H,36,45)(H,38,43)(H,39,44)(H,37,40,41)/t27-,28-,29-/m0/s1. The molecular weight excluding hydrogens is 614 g/mol. The molecule has 0 aliphatic carbocycles. The first-order valence-corrected chi connectivity index (χ1v) is 16.5. The second-order valence-corrected chi connectivity index (χ2v) is 12.8. The fourth-order valence-electron chi connectivity index (χ4n) is 6.50. The molecule has 0 bridgehead atoms. The molecule has 7 rings (SSSR count). The number of nitrogens with zero attached hydrogens (tertiary/aromatic N) is 3. The molecule has 2 aromatic heterocycles. The zero-order valence-corrected chi connectivity index (χ0v) is 26.3. The number of anilines is 1. The summed E-state index contributed by atoms with van der Waals surface area (Å²) in [5.74, 6) is -1.39. The molecule has 0 fully saturated rings. The summed E-state index contributed by atoms with van der Waals surface area (Å²) in [6.45, 7) is 0.166. The highest BCUT2D eigenvalue weighted by Gasteiger charge is 2.44. The number of thiophene rings is 1. The monoisotopic (exact) mass is 647 g/mol. The third-order valence-electron chi connectivity index (χ3n) is 8.78. The largest absolute Gasteiger partial charge is 0.348 e. The molecule has 4 amide bonds. The number of carbonyl (C=O) groups is 4. The van der Waals surface area contributed by atoms with Crippen molar-refractivity contribution in [1.29, 1.82) is 0 Å². The normalized spacial score (nSPS) is 17.5. The highest BCUT2D eigenvalue weighted by atomic mass is 32.1. The van der Waals surface area contributed by atoms with Crippen molar-refractivity contribution >= 4 is 50.7 Å². The number of amides is 4. The lowest BCUT2D eigenvalue weighted by atomic mass is 10.0. The van der Waals surface area contributed by atoms with Gasteiger partial charge in [0.15, 0.2) is 0 Å². The highest BCUT2D eigenvalue weighted by Crippen LogP contribution is 2.39. The first-order valence-electron chi connectivity index (χ1n) is 15.6. The summed E-state index contributed by atoms with van der Waals surface area (Å²) in [6.07, 6.45) is 3.18. The number of hydrogen-bond donors (Lipinski definition) is 4. The number of para-hydroxylation sites is 1. The van der Waals surface area contributed by atoms with E-state index in [1.165, 1.54) is 6.20 Å². The summed E-state index contributed by atoms with van der Waals surface area (Å²) >= 11 is 1.58. The van der Waals surface area contributed by atoms with E-state index in [1.807, 2.05) is 78.2 Å². The molecule has 0 unspecified atom stereocenters. The van der Waals surface area contributed by atoms with Crippen molar-refractivity contribution in [2.75, 3.05) is 4.90 Å². The third-order valence-corrected chi connectivity index (χ3v) is 9.79. The van der Waals surface area contributed by atoms with Gasteiger partial charge in [0.2, 0.25) is 23.6 Å². The summed E-state index contributed by atoms with van der Waals surface area (Å²) in [7, 11) is 0. The molecular formula is C35H33N7O4S. The van der Waals surface area contributed by atoms with Crippen LogP contribution in [-0.4, -0.2) is 57.2 Å². The molecule has 47 heavy (non-hydrogen) atoms. The van der Waals surface area contributed by atoms with E-state index in [0.29, 0.717) is 25.0 Å². The lowest BCUT2D eigenvalue weighted by Gasteiger charge is -2.29. The van der Waals surface area contributed by atoms with Gasteiger partial charge < -0.3 is 16.0 Å². The molecule has 0 radical (unpaired) electrons. The maximum Gasteiger partial charge on any atom is 0.250 e. The number of benzene rings is 3. The van der Waals surface area contributed by atoms with Crippen LogP contribution < -0.4 is 20.9 Å². The fraction of sp³-hybridized carbons (Fsp3) is 0.257. The summed E-state index contributed by atoms with van der Waals surface area (Å²) < 4.78 is 1.09. The van der Waals surface area contributed by atoms with E-state index in [4.69, 9.17) is 0 Å². The second-order valence-electron chi connectivity index (χ2n) is 11.9. The van der Waals surface area contributed by atoms with E-state index < -0.39 is 24.0 Å². The Morgan fingerprint density at radius 1 is 1.00 bits per heavy atom. The molecule has 0 saturated heterocycles. The minimum absolute atomic E-state index is 0.127. The molecule has 4 heterocycles. The Morgan fingerprint density at radius 3 is 2.64 bits per heavy atom. The van der Waals surface area contributed by atoms with Gasteiger partial charge in [0, 0.05) is 17.5 Å².